The van der Waals surface area contributed by atoms with Crippen molar-refractivity contribution in [3.63, 3.8) is 0 Å². The van der Waals surface area contributed by atoms with Crippen molar-refractivity contribution in [3.05, 3.63) is 47.0 Å². The Labute approximate surface area is 133 Å². The molecule has 122 valence electrons. The molecule has 0 radical (unpaired) electrons. The molecule has 1 aliphatic carbocycles. The van der Waals surface area contributed by atoms with Crippen LogP contribution in [0.3, 0.4) is 0 Å². The third-order valence-corrected chi connectivity index (χ3v) is 5.90. The highest BCUT2D eigenvalue weighted by Crippen LogP contribution is 2.60. The van der Waals surface area contributed by atoms with E-state index in [1.54, 1.807) is 0 Å². The minimum absolute atomic E-state index is 0.368. The molecular formula is C17H25O4P. The van der Waals surface area contributed by atoms with Crippen LogP contribution in [0, 0.1) is 0 Å². The van der Waals surface area contributed by atoms with Gasteiger partial charge in [0, 0.05) is 6.42 Å². The summed E-state index contributed by atoms with van der Waals surface area (Å²) in [6.07, 6.45) is 3.57. The maximum atomic E-state index is 13.0. The minimum atomic E-state index is -3.22. The SMILES string of the molecule is CCOP(=O)(OCC)C1=C(OCc2ccccc2)CCCC1. The van der Waals surface area contributed by atoms with Crippen molar-refractivity contribution in [2.45, 2.75) is 46.1 Å². The van der Waals surface area contributed by atoms with E-state index in [9.17, 15) is 4.57 Å². The molecule has 0 atom stereocenters. The summed E-state index contributed by atoms with van der Waals surface area (Å²) in [6.45, 7) is 4.89. The first kappa shape index (κ1) is 17.3. The highest BCUT2D eigenvalue weighted by Gasteiger charge is 2.34. The molecule has 1 aromatic carbocycles. The van der Waals surface area contributed by atoms with Crippen LogP contribution in [0.1, 0.15) is 45.1 Å². The number of hydrogen-bond donors (Lipinski definition) is 0. The van der Waals surface area contributed by atoms with E-state index in [-0.39, 0.29) is 0 Å². The first-order valence-electron chi connectivity index (χ1n) is 7.98. The van der Waals surface area contributed by atoms with Gasteiger partial charge >= 0.3 is 7.60 Å². The van der Waals surface area contributed by atoms with E-state index < -0.39 is 7.60 Å². The Morgan fingerprint density at radius 1 is 1.00 bits per heavy atom. The van der Waals surface area contributed by atoms with E-state index in [0.29, 0.717) is 19.8 Å². The zero-order valence-corrected chi connectivity index (χ0v) is 14.3. The van der Waals surface area contributed by atoms with Gasteiger partial charge in [-0.15, -0.1) is 0 Å². The normalized spacial score (nSPS) is 15.9. The molecule has 0 aliphatic heterocycles. The molecule has 0 amide bonds. The fourth-order valence-electron chi connectivity index (χ4n) is 2.58. The minimum Gasteiger partial charge on any atom is -0.493 e. The van der Waals surface area contributed by atoms with Crippen LogP contribution in [-0.4, -0.2) is 13.2 Å². The highest BCUT2D eigenvalue weighted by atomic mass is 31.2. The highest BCUT2D eigenvalue weighted by molar-refractivity contribution is 7.58. The Morgan fingerprint density at radius 3 is 2.27 bits per heavy atom. The van der Waals surface area contributed by atoms with Gasteiger partial charge in [-0.25, -0.2) is 0 Å². The Kier molecular flexibility index (Phi) is 6.69. The van der Waals surface area contributed by atoms with Crippen LogP contribution in [0.4, 0.5) is 0 Å². The summed E-state index contributed by atoms with van der Waals surface area (Å²) in [5.41, 5.74) is 1.10. The molecule has 5 heteroatoms. The lowest BCUT2D eigenvalue weighted by Gasteiger charge is -2.26. The quantitative estimate of drug-likeness (QED) is 0.612. The second-order valence-electron chi connectivity index (χ2n) is 5.18. The fourth-order valence-corrected chi connectivity index (χ4v) is 4.56. The number of ether oxygens (including phenoxy) is 1. The van der Waals surface area contributed by atoms with E-state index in [2.05, 4.69) is 0 Å². The van der Waals surface area contributed by atoms with Crippen LogP contribution in [-0.2, 0) is 25.0 Å². The van der Waals surface area contributed by atoms with E-state index in [1.807, 2.05) is 44.2 Å². The molecule has 4 nitrogen and oxygen atoms in total. The largest absolute Gasteiger partial charge is 0.493 e. The van der Waals surface area contributed by atoms with Crippen molar-refractivity contribution in [1.29, 1.82) is 0 Å². The van der Waals surface area contributed by atoms with Gasteiger partial charge in [0.15, 0.2) is 0 Å². The molecule has 0 heterocycles. The number of benzene rings is 1. The van der Waals surface area contributed by atoms with Crippen LogP contribution in [0.2, 0.25) is 0 Å². The lowest BCUT2D eigenvalue weighted by atomic mass is 10.1. The van der Waals surface area contributed by atoms with Gasteiger partial charge in [-0.3, -0.25) is 4.57 Å². The van der Waals surface area contributed by atoms with Crippen molar-refractivity contribution in [1.82, 2.24) is 0 Å². The van der Waals surface area contributed by atoms with Crippen molar-refractivity contribution in [2.24, 2.45) is 0 Å². The zero-order chi connectivity index (χ0) is 15.8. The zero-order valence-electron chi connectivity index (χ0n) is 13.4. The van der Waals surface area contributed by atoms with Crippen molar-refractivity contribution < 1.29 is 18.3 Å². The third kappa shape index (κ3) is 4.45. The van der Waals surface area contributed by atoms with Gasteiger partial charge in [-0.05, 0) is 38.7 Å². The summed E-state index contributed by atoms with van der Waals surface area (Å²) in [4.78, 5) is 0. The Bertz CT molecular complexity index is 529. The second kappa shape index (κ2) is 8.52. The summed E-state index contributed by atoms with van der Waals surface area (Å²) in [5.74, 6) is 0.792. The molecule has 0 unspecified atom stereocenters. The maximum Gasteiger partial charge on any atom is 0.360 e. The van der Waals surface area contributed by atoms with Gasteiger partial charge in [-0.2, -0.15) is 0 Å². The number of hydrogen-bond acceptors (Lipinski definition) is 4. The fraction of sp³-hybridized carbons (Fsp3) is 0.529. The average molecular weight is 324 g/mol. The summed E-state index contributed by atoms with van der Waals surface area (Å²) in [6, 6.07) is 9.99. The second-order valence-corrected chi connectivity index (χ2v) is 7.24. The molecule has 0 aromatic heterocycles. The van der Waals surface area contributed by atoms with Gasteiger partial charge in [0.1, 0.15) is 12.4 Å². The van der Waals surface area contributed by atoms with Gasteiger partial charge in [0.2, 0.25) is 0 Å². The van der Waals surface area contributed by atoms with Crippen LogP contribution in [0.15, 0.2) is 41.4 Å². The van der Waals surface area contributed by atoms with Crippen LogP contribution < -0.4 is 0 Å². The van der Waals surface area contributed by atoms with Crippen molar-refractivity contribution >= 4 is 7.60 Å². The molecule has 0 spiro atoms. The molecule has 2 rings (SSSR count). The van der Waals surface area contributed by atoms with E-state index >= 15 is 0 Å². The molecule has 0 saturated carbocycles. The van der Waals surface area contributed by atoms with E-state index in [1.165, 1.54) is 0 Å². The average Bonchev–Trinajstić information content (AvgIpc) is 2.55. The van der Waals surface area contributed by atoms with Crippen molar-refractivity contribution in [3.8, 4) is 0 Å². The predicted molar refractivity (Wildman–Crippen MR) is 87.6 cm³/mol. The van der Waals surface area contributed by atoms with Gasteiger partial charge < -0.3 is 13.8 Å². The molecule has 0 N–H and O–H groups in total. The van der Waals surface area contributed by atoms with Gasteiger partial charge in [0.25, 0.3) is 0 Å². The van der Waals surface area contributed by atoms with Crippen LogP contribution in [0.5, 0.6) is 0 Å². The van der Waals surface area contributed by atoms with Crippen LogP contribution >= 0.6 is 7.60 Å². The lowest BCUT2D eigenvalue weighted by Crippen LogP contribution is -2.08. The number of rotatable bonds is 8. The van der Waals surface area contributed by atoms with Crippen molar-refractivity contribution in [2.75, 3.05) is 13.2 Å². The molecule has 1 aromatic rings. The Balaban J connectivity index is 2.19. The van der Waals surface area contributed by atoms with E-state index in [4.69, 9.17) is 13.8 Å². The van der Waals surface area contributed by atoms with Crippen LogP contribution in [0.25, 0.3) is 0 Å². The van der Waals surface area contributed by atoms with Gasteiger partial charge in [0.05, 0.1) is 18.5 Å². The summed E-state index contributed by atoms with van der Waals surface area (Å²) >= 11 is 0. The van der Waals surface area contributed by atoms with E-state index in [0.717, 1.165) is 42.3 Å². The topological polar surface area (TPSA) is 44.8 Å². The standard InChI is InChI=1S/C17H25O4P/c1-3-20-22(18,21-4-2)17-13-9-8-12-16(17)19-14-15-10-6-5-7-11-15/h5-7,10-11H,3-4,8-9,12-14H2,1-2H3. The Morgan fingerprint density at radius 2 is 1.64 bits per heavy atom. The smallest absolute Gasteiger partial charge is 0.360 e. The first-order valence-corrected chi connectivity index (χ1v) is 9.52. The molecule has 0 fully saturated rings. The molecule has 22 heavy (non-hydrogen) atoms. The molecule has 0 saturated heterocycles. The first-order chi connectivity index (χ1) is 10.7. The molecular weight excluding hydrogens is 299 g/mol. The number of allylic oxidation sites excluding steroid dienone is 2. The summed E-state index contributed by atoms with van der Waals surface area (Å²) in [7, 11) is -3.22. The molecule has 1 aliphatic rings. The monoisotopic (exact) mass is 324 g/mol. The maximum absolute atomic E-state index is 13.0. The third-order valence-electron chi connectivity index (χ3n) is 3.57. The summed E-state index contributed by atoms with van der Waals surface area (Å²) in [5, 5.41) is 0.735. The predicted octanol–water partition coefficient (Wildman–Crippen LogP) is 5.25. The van der Waals surface area contributed by atoms with Gasteiger partial charge in [-0.1, -0.05) is 30.3 Å². The lowest BCUT2D eigenvalue weighted by molar-refractivity contribution is 0.174. The summed E-state index contributed by atoms with van der Waals surface area (Å²) < 4.78 is 29.9. The molecule has 0 bridgehead atoms. The Hall–Kier alpha value is -1.09.